The Balaban J connectivity index is 1.46. The Kier molecular flexibility index (Phi) is 6.81. The number of hydrogen-bond acceptors (Lipinski definition) is 4. The number of rotatable bonds is 6. The van der Waals surface area contributed by atoms with Gasteiger partial charge < -0.3 is 9.73 Å². The Morgan fingerprint density at radius 2 is 1.62 bits per heavy atom. The average molecular weight is 493 g/mol. The summed E-state index contributed by atoms with van der Waals surface area (Å²) in [6.45, 7) is -0.104. The summed E-state index contributed by atoms with van der Waals surface area (Å²) in [6, 6.07) is 16.4. The maximum atomic E-state index is 13.3. The van der Waals surface area contributed by atoms with Crippen LogP contribution in [0.5, 0.6) is 0 Å². The van der Waals surface area contributed by atoms with Crippen molar-refractivity contribution in [1.29, 1.82) is 0 Å². The number of piperidine rings is 1. The van der Waals surface area contributed by atoms with E-state index in [1.807, 2.05) is 30.3 Å². The Hall–Kier alpha value is -3.11. The Morgan fingerprint density at radius 3 is 2.24 bits per heavy atom. The molecule has 1 saturated heterocycles. The highest BCUT2D eigenvalue weighted by molar-refractivity contribution is 7.89. The Labute approximate surface area is 195 Å². The molecule has 1 aromatic heterocycles. The van der Waals surface area contributed by atoms with Crippen molar-refractivity contribution in [2.24, 2.45) is 5.92 Å². The summed E-state index contributed by atoms with van der Waals surface area (Å²) in [5.74, 6) is -0.188. The SMILES string of the molecule is O=C(NC(c1ccccc1)c1ccco1)C1CCN(S(=O)(=O)c2ccccc2C(F)(F)F)CC1. The summed E-state index contributed by atoms with van der Waals surface area (Å²) >= 11 is 0. The number of nitrogens with zero attached hydrogens (tertiary/aromatic N) is 1. The van der Waals surface area contributed by atoms with Gasteiger partial charge >= 0.3 is 6.18 Å². The van der Waals surface area contributed by atoms with Crippen LogP contribution in [0.25, 0.3) is 0 Å². The zero-order chi connectivity index (χ0) is 24.3. The number of amides is 1. The normalized spacial score (nSPS) is 16.8. The summed E-state index contributed by atoms with van der Waals surface area (Å²) in [7, 11) is -4.36. The molecule has 1 atom stereocenters. The highest BCUT2D eigenvalue weighted by Crippen LogP contribution is 2.36. The van der Waals surface area contributed by atoms with E-state index in [1.165, 1.54) is 12.3 Å². The summed E-state index contributed by atoms with van der Waals surface area (Å²) < 4.78 is 72.5. The van der Waals surface area contributed by atoms with E-state index in [0.717, 1.165) is 28.1 Å². The van der Waals surface area contributed by atoms with Gasteiger partial charge in [-0.1, -0.05) is 42.5 Å². The van der Waals surface area contributed by atoms with Gasteiger partial charge in [-0.15, -0.1) is 0 Å². The summed E-state index contributed by atoms with van der Waals surface area (Å²) in [6.07, 6.45) is -2.89. The van der Waals surface area contributed by atoms with Gasteiger partial charge in [-0.05, 0) is 42.7 Å². The van der Waals surface area contributed by atoms with Gasteiger partial charge in [0.25, 0.3) is 0 Å². The highest BCUT2D eigenvalue weighted by Gasteiger charge is 2.40. The van der Waals surface area contributed by atoms with Crippen LogP contribution in [0.4, 0.5) is 13.2 Å². The molecule has 2 aromatic carbocycles. The Morgan fingerprint density at radius 1 is 0.971 bits per heavy atom. The van der Waals surface area contributed by atoms with Crippen LogP contribution in [0.15, 0.2) is 82.3 Å². The van der Waals surface area contributed by atoms with Crippen molar-refractivity contribution in [1.82, 2.24) is 9.62 Å². The second-order valence-corrected chi connectivity index (χ2v) is 9.95. The molecule has 0 bridgehead atoms. The molecule has 6 nitrogen and oxygen atoms in total. The fraction of sp³-hybridized carbons (Fsp3) is 0.292. The lowest BCUT2D eigenvalue weighted by Gasteiger charge is -2.32. The van der Waals surface area contributed by atoms with Gasteiger partial charge in [-0.2, -0.15) is 17.5 Å². The van der Waals surface area contributed by atoms with Crippen molar-refractivity contribution >= 4 is 15.9 Å². The van der Waals surface area contributed by atoms with Crippen molar-refractivity contribution in [2.45, 2.75) is 30.0 Å². The van der Waals surface area contributed by atoms with Crippen LogP contribution in [0.1, 0.15) is 35.8 Å². The molecule has 0 saturated carbocycles. The number of hydrogen-bond donors (Lipinski definition) is 1. The maximum absolute atomic E-state index is 13.3. The Bertz CT molecular complexity index is 1220. The lowest BCUT2D eigenvalue weighted by molar-refractivity contribution is -0.139. The quantitative estimate of drug-likeness (QED) is 0.545. The first-order valence-corrected chi connectivity index (χ1v) is 12.2. The van der Waals surface area contributed by atoms with Gasteiger partial charge in [0.1, 0.15) is 11.8 Å². The molecule has 3 aromatic rings. The third-order valence-corrected chi connectivity index (χ3v) is 7.84. The van der Waals surface area contributed by atoms with Crippen LogP contribution in [-0.2, 0) is 21.0 Å². The van der Waals surface area contributed by atoms with Crippen molar-refractivity contribution in [2.75, 3.05) is 13.1 Å². The largest absolute Gasteiger partial charge is 0.467 e. The first kappa shape index (κ1) is 24.0. The molecule has 0 radical (unpaired) electrons. The molecule has 180 valence electrons. The van der Waals surface area contributed by atoms with Crippen molar-refractivity contribution in [3.05, 3.63) is 89.9 Å². The number of carbonyl (C=O) groups excluding carboxylic acids is 1. The molecule has 10 heteroatoms. The summed E-state index contributed by atoms with van der Waals surface area (Å²) in [5, 5.41) is 2.97. The molecule has 1 amide bonds. The molecule has 0 aliphatic carbocycles. The standard InChI is InChI=1S/C24H23F3N2O4S/c25-24(26,27)19-9-4-5-11-21(19)34(31,32)29-14-12-18(13-15-29)23(30)28-22(20-10-6-16-33-20)17-7-2-1-3-8-17/h1-11,16,18,22H,12-15H2,(H,28,30). The molecule has 34 heavy (non-hydrogen) atoms. The predicted molar refractivity (Wildman–Crippen MR) is 118 cm³/mol. The predicted octanol–water partition coefficient (Wildman–Crippen LogP) is 4.60. The van der Waals surface area contributed by atoms with Gasteiger partial charge in [0, 0.05) is 19.0 Å². The van der Waals surface area contributed by atoms with Crippen LogP contribution in [-0.4, -0.2) is 31.7 Å². The van der Waals surface area contributed by atoms with Crippen LogP contribution in [0.2, 0.25) is 0 Å². The fourth-order valence-electron chi connectivity index (χ4n) is 4.10. The van der Waals surface area contributed by atoms with E-state index in [2.05, 4.69) is 5.32 Å². The van der Waals surface area contributed by atoms with Crippen molar-refractivity contribution in [3.63, 3.8) is 0 Å². The molecule has 0 spiro atoms. The first-order chi connectivity index (χ1) is 16.2. The first-order valence-electron chi connectivity index (χ1n) is 10.7. The average Bonchev–Trinajstić information content (AvgIpc) is 3.37. The van der Waals surface area contributed by atoms with Crippen molar-refractivity contribution < 1.29 is 30.8 Å². The number of alkyl halides is 3. The van der Waals surface area contributed by atoms with Gasteiger partial charge in [0.2, 0.25) is 15.9 Å². The molecule has 2 heterocycles. The highest BCUT2D eigenvalue weighted by atomic mass is 32.2. The van der Waals surface area contributed by atoms with E-state index in [9.17, 15) is 26.4 Å². The second kappa shape index (κ2) is 9.63. The lowest BCUT2D eigenvalue weighted by Crippen LogP contribution is -2.44. The molecule has 4 rings (SSSR count). The van der Waals surface area contributed by atoms with E-state index in [-0.39, 0.29) is 31.8 Å². The fourth-order valence-corrected chi connectivity index (χ4v) is 5.78. The van der Waals surface area contributed by atoms with Gasteiger partial charge in [-0.25, -0.2) is 8.42 Å². The van der Waals surface area contributed by atoms with E-state index in [0.29, 0.717) is 5.76 Å². The van der Waals surface area contributed by atoms with Crippen LogP contribution in [0, 0.1) is 5.92 Å². The number of nitrogens with one attached hydrogen (secondary N) is 1. The minimum absolute atomic E-state index is 0.0522. The minimum atomic E-state index is -4.79. The van der Waals surface area contributed by atoms with Gasteiger partial charge in [0.15, 0.2) is 0 Å². The smallest absolute Gasteiger partial charge is 0.417 e. The van der Waals surface area contributed by atoms with E-state index in [4.69, 9.17) is 4.42 Å². The number of furan rings is 1. The molecular weight excluding hydrogens is 469 g/mol. The third-order valence-electron chi connectivity index (χ3n) is 5.88. The third kappa shape index (κ3) is 5.02. The van der Waals surface area contributed by atoms with Crippen LogP contribution < -0.4 is 5.32 Å². The van der Waals surface area contributed by atoms with Gasteiger partial charge in [-0.3, -0.25) is 4.79 Å². The number of benzene rings is 2. The van der Waals surface area contributed by atoms with E-state index in [1.54, 1.807) is 12.1 Å². The maximum Gasteiger partial charge on any atom is 0.417 e. The van der Waals surface area contributed by atoms with Crippen molar-refractivity contribution in [3.8, 4) is 0 Å². The zero-order valence-electron chi connectivity index (χ0n) is 18.0. The van der Waals surface area contributed by atoms with Gasteiger partial charge in [0.05, 0.1) is 16.7 Å². The van der Waals surface area contributed by atoms with Crippen LogP contribution in [0.3, 0.4) is 0 Å². The van der Waals surface area contributed by atoms with Crippen LogP contribution >= 0.6 is 0 Å². The van der Waals surface area contributed by atoms with E-state index >= 15 is 0 Å². The summed E-state index contributed by atoms with van der Waals surface area (Å²) in [4.78, 5) is 12.2. The topological polar surface area (TPSA) is 79.6 Å². The monoisotopic (exact) mass is 492 g/mol. The second-order valence-electron chi connectivity index (χ2n) is 8.04. The summed E-state index contributed by atoms with van der Waals surface area (Å²) in [5.41, 5.74) is -0.367. The molecule has 1 unspecified atom stereocenters. The zero-order valence-corrected chi connectivity index (χ0v) is 18.9. The minimum Gasteiger partial charge on any atom is -0.467 e. The lowest BCUT2D eigenvalue weighted by atomic mass is 9.95. The molecule has 1 aliphatic rings. The number of carbonyl (C=O) groups is 1. The number of halogens is 3. The molecular formula is C24H23F3N2O4S. The molecule has 1 N–H and O–H groups in total. The van der Waals surface area contributed by atoms with E-state index < -0.39 is 38.6 Å². The molecule has 1 aliphatic heterocycles. The number of sulfonamides is 1. The molecule has 1 fully saturated rings.